The smallest absolute Gasteiger partial charge is 0.318 e. The molecule has 20 heavy (non-hydrogen) atoms. The highest BCUT2D eigenvalue weighted by atomic mass is 16.5. The second-order valence-corrected chi connectivity index (χ2v) is 5.12. The number of carbonyl (C=O) groups excluding carboxylic acids is 2. The molecule has 0 saturated carbocycles. The van der Waals surface area contributed by atoms with Gasteiger partial charge in [0.15, 0.2) is 0 Å². The van der Waals surface area contributed by atoms with Crippen LogP contribution in [0.3, 0.4) is 0 Å². The molecule has 0 bridgehead atoms. The Morgan fingerprint density at radius 1 is 1.25 bits per heavy atom. The monoisotopic (exact) mass is 276 g/mol. The summed E-state index contributed by atoms with van der Waals surface area (Å²) in [6, 6.07) is 9.90. The van der Waals surface area contributed by atoms with Crippen LogP contribution in [0.1, 0.15) is 37.9 Å². The van der Waals surface area contributed by atoms with Crippen LogP contribution in [0.15, 0.2) is 30.3 Å². The molecule has 108 valence electrons. The topological polar surface area (TPSA) is 52.6 Å². The summed E-state index contributed by atoms with van der Waals surface area (Å²) in [6.45, 7) is 1.41. The maximum atomic E-state index is 11.8. The minimum atomic E-state index is -0.813. The van der Waals surface area contributed by atoms with Crippen molar-refractivity contribution in [3.63, 3.8) is 0 Å². The number of Topliss-reactive ketones (excluding diaryl/α,β-unsaturated/α-hetero) is 1. The first-order valence-corrected chi connectivity index (χ1v) is 6.92. The summed E-state index contributed by atoms with van der Waals surface area (Å²) in [5, 5.41) is 0. The van der Waals surface area contributed by atoms with Crippen LogP contribution in [0.5, 0.6) is 0 Å². The number of benzene rings is 1. The molecule has 0 N–H and O–H groups in total. The van der Waals surface area contributed by atoms with Gasteiger partial charge in [0.1, 0.15) is 11.7 Å². The summed E-state index contributed by atoms with van der Waals surface area (Å²) < 4.78 is 10.7. The summed E-state index contributed by atoms with van der Waals surface area (Å²) in [5.41, 5.74) is 1.09. The molecule has 0 radical (unpaired) electrons. The average Bonchev–Trinajstić information content (AvgIpc) is 2.48. The lowest BCUT2D eigenvalue weighted by molar-refractivity contribution is -0.161. The number of carbonyl (C=O) groups is 2. The summed E-state index contributed by atoms with van der Waals surface area (Å²) in [4.78, 5) is 23.5. The quantitative estimate of drug-likeness (QED) is 0.626. The van der Waals surface area contributed by atoms with Crippen LogP contribution in [0.2, 0.25) is 0 Å². The van der Waals surface area contributed by atoms with Crippen molar-refractivity contribution in [2.24, 2.45) is 5.92 Å². The molecule has 0 spiro atoms. The maximum Gasteiger partial charge on any atom is 0.318 e. The summed E-state index contributed by atoms with van der Waals surface area (Å²) in [6.07, 6.45) is 2.11. The summed E-state index contributed by atoms with van der Waals surface area (Å²) >= 11 is 0. The molecule has 0 aliphatic carbocycles. The molecule has 1 aliphatic heterocycles. The molecule has 3 atom stereocenters. The second-order valence-electron chi connectivity index (χ2n) is 5.12. The van der Waals surface area contributed by atoms with E-state index in [2.05, 4.69) is 0 Å². The Hall–Kier alpha value is -1.68. The SMILES string of the molecule is COC(=O)C(C(C)=O)[C@@H]1CCC[C@H](c2ccccc2)O1. The van der Waals surface area contributed by atoms with E-state index in [0.717, 1.165) is 18.4 Å². The highest BCUT2D eigenvalue weighted by molar-refractivity contribution is 5.98. The van der Waals surface area contributed by atoms with Crippen LogP contribution < -0.4 is 0 Å². The number of ether oxygens (including phenoxy) is 2. The molecule has 4 nitrogen and oxygen atoms in total. The Bertz CT molecular complexity index is 469. The zero-order valence-corrected chi connectivity index (χ0v) is 11.9. The van der Waals surface area contributed by atoms with Crippen LogP contribution in [-0.4, -0.2) is 25.0 Å². The van der Waals surface area contributed by atoms with Crippen LogP contribution in [-0.2, 0) is 19.1 Å². The number of ketones is 1. The van der Waals surface area contributed by atoms with Gasteiger partial charge in [-0.05, 0) is 31.7 Å². The van der Waals surface area contributed by atoms with Gasteiger partial charge < -0.3 is 9.47 Å². The van der Waals surface area contributed by atoms with Gasteiger partial charge in [0.2, 0.25) is 0 Å². The van der Waals surface area contributed by atoms with Crippen molar-refractivity contribution < 1.29 is 19.1 Å². The van der Waals surface area contributed by atoms with Gasteiger partial charge in [-0.2, -0.15) is 0 Å². The predicted molar refractivity (Wildman–Crippen MR) is 74.1 cm³/mol. The van der Waals surface area contributed by atoms with Crippen LogP contribution in [0.25, 0.3) is 0 Å². The first kappa shape index (κ1) is 14.7. The third-order valence-corrected chi connectivity index (χ3v) is 3.73. The van der Waals surface area contributed by atoms with Crippen molar-refractivity contribution in [2.45, 2.75) is 38.4 Å². The van der Waals surface area contributed by atoms with Gasteiger partial charge in [0, 0.05) is 0 Å². The lowest BCUT2D eigenvalue weighted by Crippen LogP contribution is -2.39. The van der Waals surface area contributed by atoms with E-state index in [1.165, 1.54) is 14.0 Å². The van der Waals surface area contributed by atoms with Crippen LogP contribution >= 0.6 is 0 Å². The lowest BCUT2D eigenvalue weighted by atomic mass is 9.89. The molecule has 0 amide bonds. The van der Waals surface area contributed by atoms with Crippen molar-refractivity contribution in [3.8, 4) is 0 Å². The predicted octanol–water partition coefficient (Wildman–Crippen LogP) is 2.68. The highest BCUT2D eigenvalue weighted by Crippen LogP contribution is 2.34. The van der Waals surface area contributed by atoms with E-state index in [0.29, 0.717) is 6.42 Å². The zero-order valence-electron chi connectivity index (χ0n) is 11.9. The molecule has 1 aromatic carbocycles. The Labute approximate surface area is 119 Å². The van der Waals surface area contributed by atoms with Crippen LogP contribution in [0.4, 0.5) is 0 Å². The number of methoxy groups -OCH3 is 1. The van der Waals surface area contributed by atoms with Crippen molar-refractivity contribution in [1.82, 2.24) is 0 Å². The molecular formula is C16H20O4. The van der Waals surface area contributed by atoms with Gasteiger partial charge >= 0.3 is 5.97 Å². The van der Waals surface area contributed by atoms with E-state index < -0.39 is 11.9 Å². The third-order valence-electron chi connectivity index (χ3n) is 3.73. The van der Waals surface area contributed by atoms with Crippen molar-refractivity contribution in [1.29, 1.82) is 0 Å². The Kier molecular flexibility index (Phi) is 4.90. The van der Waals surface area contributed by atoms with Crippen LogP contribution in [0, 0.1) is 5.92 Å². The van der Waals surface area contributed by atoms with Gasteiger partial charge in [-0.15, -0.1) is 0 Å². The van der Waals surface area contributed by atoms with E-state index in [-0.39, 0.29) is 18.0 Å². The largest absolute Gasteiger partial charge is 0.468 e. The Balaban J connectivity index is 2.13. The van der Waals surface area contributed by atoms with E-state index in [9.17, 15) is 9.59 Å². The van der Waals surface area contributed by atoms with E-state index in [4.69, 9.17) is 9.47 Å². The van der Waals surface area contributed by atoms with E-state index >= 15 is 0 Å². The first-order valence-electron chi connectivity index (χ1n) is 6.92. The molecule has 0 aromatic heterocycles. The van der Waals surface area contributed by atoms with Crippen molar-refractivity contribution in [2.75, 3.05) is 7.11 Å². The molecule has 1 fully saturated rings. The Morgan fingerprint density at radius 2 is 1.95 bits per heavy atom. The number of hydrogen-bond donors (Lipinski definition) is 0. The number of hydrogen-bond acceptors (Lipinski definition) is 4. The van der Waals surface area contributed by atoms with E-state index in [1.807, 2.05) is 30.3 Å². The van der Waals surface area contributed by atoms with Crippen molar-refractivity contribution in [3.05, 3.63) is 35.9 Å². The third kappa shape index (κ3) is 3.25. The molecule has 1 saturated heterocycles. The Morgan fingerprint density at radius 3 is 2.55 bits per heavy atom. The molecule has 1 heterocycles. The lowest BCUT2D eigenvalue weighted by Gasteiger charge is -2.33. The zero-order chi connectivity index (χ0) is 14.5. The number of esters is 1. The fourth-order valence-corrected chi connectivity index (χ4v) is 2.72. The minimum Gasteiger partial charge on any atom is -0.468 e. The van der Waals surface area contributed by atoms with Gasteiger partial charge in [0.05, 0.1) is 19.3 Å². The second kappa shape index (κ2) is 6.66. The standard InChI is InChI=1S/C16H20O4/c1-11(17)15(16(18)19-2)14-10-6-9-13(20-14)12-7-4-3-5-8-12/h3-5,7-8,13-15H,6,9-10H2,1-2H3/t13-,14+,15?/m1/s1. The fourth-order valence-electron chi connectivity index (χ4n) is 2.72. The van der Waals surface area contributed by atoms with Gasteiger partial charge in [-0.25, -0.2) is 0 Å². The number of rotatable bonds is 4. The average molecular weight is 276 g/mol. The molecule has 1 unspecified atom stereocenters. The molecule has 1 aromatic rings. The first-order chi connectivity index (χ1) is 9.63. The summed E-state index contributed by atoms with van der Waals surface area (Å²) in [7, 11) is 1.30. The molecule has 4 heteroatoms. The molecule has 1 aliphatic rings. The normalized spacial score (nSPS) is 23.9. The van der Waals surface area contributed by atoms with Gasteiger partial charge in [-0.1, -0.05) is 30.3 Å². The molecule has 2 rings (SSSR count). The molecular weight excluding hydrogens is 256 g/mol. The van der Waals surface area contributed by atoms with E-state index in [1.54, 1.807) is 0 Å². The van der Waals surface area contributed by atoms with Crippen molar-refractivity contribution >= 4 is 11.8 Å². The maximum absolute atomic E-state index is 11.8. The highest BCUT2D eigenvalue weighted by Gasteiger charge is 2.37. The van der Waals surface area contributed by atoms with Gasteiger partial charge in [0.25, 0.3) is 0 Å². The van der Waals surface area contributed by atoms with Gasteiger partial charge in [-0.3, -0.25) is 9.59 Å². The minimum absolute atomic E-state index is 0.0542. The fraction of sp³-hybridized carbons (Fsp3) is 0.500. The summed E-state index contributed by atoms with van der Waals surface area (Å²) in [5.74, 6) is -1.52.